The quantitative estimate of drug-likeness (QED) is 0.771. The number of hydrogen-bond donors (Lipinski definition) is 2. The fourth-order valence-electron chi connectivity index (χ4n) is 1.29. The number of benzene rings is 1. The van der Waals surface area contributed by atoms with Crippen molar-refractivity contribution in [2.24, 2.45) is 0 Å². The lowest BCUT2D eigenvalue weighted by Crippen LogP contribution is -2.40. The molecule has 0 heterocycles. The Morgan fingerprint density at radius 1 is 1.21 bits per heavy atom. The highest BCUT2D eigenvalue weighted by Gasteiger charge is 2.13. The predicted octanol–water partition coefficient (Wildman–Crippen LogP) is 1.05. The zero-order chi connectivity index (χ0) is 14.3. The number of carboxylic acids is 1. The molecule has 104 valence electrons. The third-order valence-electron chi connectivity index (χ3n) is 2.25. The largest absolute Gasteiger partial charge is 0.494 e. The van der Waals surface area contributed by atoms with Gasteiger partial charge in [-0.15, -0.1) is 0 Å². The second-order valence-corrected chi connectivity index (χ2v) is 3.82. The molecule has 0 aliphatic heterocycles. The Morgan fingerprint density at radius 2 is 1.74 bits per heavy atom. The summed E-state index contributed by atoms with van der Waals surface area (Å²) in [5, 5.41) is 10.9. The second-order valence-electron chi connectivity index (χ2n) is 3.82. The Balaban J connectivity index is 2.39. The van der Waals surface area contributed by atoms with Crippen LogP contribution in [-0.4, -0.2) is 36.2 Å². The Bertz CT molecular complexity index is 429. The third kappa shape index (κ3) is 5.29. The molecule has 1 aromatic carbocycles. The van der Waals surface area contributed by atoms with Crippen molar-refractivity contribution < 1.29 is 24.2 Å². The monoisotopic (exact) mass is 267 g/mol. The van der Waals surface area contributed by atoms with Crippen LogP contribution < -0.4 is 14.8 Å². The van der Waals surface area contributed by atoms with Crippen LogP contribution in [-0.2, 0) is 9.59 Å². The van der Waals surface area contributed by atoms with E-state index in [4.69, 9.17) is 14.6 Å². The fraction of sp³-hybridized carbons (Fsp3) is 0.385. The molecular weight excluding hydrogens is 250 g/mol. The van der Waals surface area contributed by atoms with Crippen LogP contribution in [0, 0.1) is 0 Å². The first-order valence-electron chi connectivity index (χ1n) is 5.90. The van der Waals surface area contributed by atoms with Crippen molar-refractivity contribution in [2.45, 2.75) is 19.9 Å². The molecule has 0 aromatic heterocycles. The van der Waals surface area contributed by atoms with E-state index >= 15 is 0 Å². The lowest BCUT2D eigenvalue weighted by Gasteiger charge is -2.10. The number of ether oxygens (including phenoxy) is 2. The van der Waals surface area contributed by atoms with Crippen molar-refractivity contribution in [1.29, 1.82) is 0 Å². The first kappa shape index (κ1) is 14.8. The average Bonchev–Trinajstić information content (AvgIpc) is 2.38. The maximum absolute atomic E-state index is 11.4. The van der Waals surface area contributed by atoms with Crippen LogP contribution >= 0.6 is 0 Å². The van der Waals surface area contributed by atoms with Crippen LogP contribution in [0.1, 0.15) is 13.8 Å². The molecule has 0 fully saturated rings. The van der Waals surface area contributed by atoms with Crippen LogP contribution in [0.2, 0.25) is 0 Å². The van der Waals surface area contributed by atoms with Gasteiger partial charge in [0, 0.05) is 0 Å². The number of hydrogen-bond acceptors (Lipinski definition) is 4. The normalized spacial score (nSPS) is 11.5. The van der Waals surface area contributed by atoms with Crippen molar-refractivity contribution in [2.75, 3.05) is 13.2 Å². The molecule has 0 saturated heterocycles. The van der Waals surface area contributed by atoms with Crippen LogP contribution in [0.4, 0.5) is 0 Å². The summed E-state index contributed by atoms with van der Waals surface area (Å²) in [5.41, 5.74) is 0. The van der Waals surface area contributed by atoms with E-state index in [0.717, 1.165) is 5.75 Å². The van der Waals surface area contributed by atoms with Crippen LogP contribution in [0.15, 0.2) is 24.3 Å². The van der Waals surface area contributed by atoms with E-state index in [0.29, 0.717) is 12.4 Å². The van der Waals surface area contributed by atoms with Gasteiger partial charge in [0.15, 0.2) is 6.61 Å². The Hall–Kier alpha value is -2.24. The molecular formula is C13H17NO5. The zero-order valence-electron chi connectivity index (χ0n) is 10.9. The number of rotatable bonds is 7. The lowest BCUT2D eigenvalue weighted by atomic mass is 10.3. The van der Waals surface area contributed by atoms with Crippen molar-refractivity contribution in [3.05, 3.63) is 24.3 Å². The number of carbonyl (C=O) groups excluding carboxylic acids is 1. The molecule has 6 heteroatoms. The predicted molar refractivity (Wildman–Crippen MR) is 68.3 cm³/mol. The molecule has 1 aromatic rings. The molecule has 6 nitrogen and oxygen atoms in total. The Kier molecular flexibility index (Phi) is 5.66. The molecule has 0 aliphatic carbocycles. The first-order valence-corrected chi connectivity index (χ1v) is 5.90. The van der Waals surface area contributed by atoms with E-state index in [-0.39, 0.29) is 6.61 Å². The van der Waals surface area contributed by atoms with Gasteiger partial charge in [-0.1, -0.05) is 0 Å². The van der Waals surface area contributed by atoms with E-state index in [1.54, 1.807) is 24.3 Å². The van der Waals surface area contributed by atoms with E-state index in [1.807, 2.05) is 6.92 Å². The molecule has 0 unspecified atom stereocenters. The summed E-state index contributed by atoms with van der Waals surface area (Å²) in [6.07, 6.45) is 0. The van der Waals surface area contributed by atoms with Gasteiger partial charge in [0.1, 0.15) is 17.5 Å². The summed E-state index contributed by atoms with van der Waals surface area (Å²) in [6, 6.07) is 5.89. The standard InChI is InChI=1S/C13H17NO5/c1-3-18-10-4-6-11(7-5-10)19-8-12(15)14-9(2)13(16)17/h4-7,9H,3,8H2,1-2H3,(H,14,15)(H,16,17)/t9-/m0/s1. The van der Waals surface area contributed by atoms with E-state index in [9.17, 15) is 9.59 Å². The van der Waals surface area contributed by atoms with Gasteiger partial charge < -0.3 is 19.9 Å². The highest BCUT2D eigenvalue weighted by molar-refractivity contribution is 5.84. The van der Waals surface area contributed by atoms with Gasteiger partial charge >= 0.3 is 5.97 Å². The van der Waals surface area contributed by atoms with Crippen molar-refractivity contribution >= 4 is 11.9 Å². The summed E-state index contributed by atoms with van der Waals surface area (Å²) < 4.78 is 10.5. The highest BCUT2D eigenvalue weighted by atomic mass is 16.5. The van der Waals surface area contributed by atoms with Crippen LogP contribution in [0.25, 0.3) is 0 Å². The van der Waals surface area contributed by atoms with Gasteiger partial charge in [0.25, 0.3) is 5.91 Å². The van der Waals surface area contributed by atoms with Crippen LogP contribution in [0.3, 0.4) is 0 Å². The topological polar surface area (TPSA) is 84.9 Å². The highest BCUT2D eigenvalue weighted by Crippen LogP contribution is 2.17. The van der Waals surface area contributed by atoms with E-state index < -0.39 is 17.9 Å². The van der Waals surface area contributed by atoms with E-state index in [2.05, 4.69) is 5.32 Å². The van der Waals surface area contributed by atoms with Crippen LogP contribution in [0.5, 0.6) is 11.5 Å². The molecule has 0 radical (unpaired) electrons. The Morgan fingerprint density at radius 3 is 2.21 bits per heavy atom. The minimum absolute atomic E-state index is 0.231. The number of carboxylic acid groups (broad SMARTS) is 1. The zero-order valence-corrected chi connectivity index (χ0v) is 10.9. The molecule has 0 spiro atoms. The average molecular weight is 267 g/mol. The lowest BCUT2D eigenvalue weighted by molar-refractivity contribution is -0.141. The van der Waals surface area contributed by atoms with E-state index in [1.165, 1.54) is 6.92 Å². The second kappa shape index (κ2) is 7.25. The fourth-order valence-corrected chi connectivity index (χ4v) is 1.29. The summed E-state index contributed by atoms with van der Waals surface area (Å²) in [5.74, 6) is -0.335. The number of aliphatic carboxylic acids is 1. The number of nitrogens with one attached hydrogen (secondary N) is 1. The third-order valence-corrected chi connectivity index (χ3v) is 2.25. The molecule has 0 bridgehead atoms. The Labute approximate surface area is 111 Å². The molecule has 1 amide bonds. The van der Waals surface area contributed by atoms with Gasteiger partial charge in [-0.25, -0.2) is 0 Å². The first-order chi connectivity index (χ1) is 9.02. The van der Waals surface area contributed by atoms with Crippen molar-refractivity contribution in [1.82, 2.24) is 5.32 Å². The van der Waals surface area contributed by atoms with Gasteiger partial charge in [0.05, 0.1) is 6.61 Å². The molecule has 1 rings (SSSR count). The number of amides is 1. The summed E-state index contributed by atoms with van der Waals surface area (Å²) in [6.45, 7) is 3.62. The van der Waals surface area contributed by atoms with Gasteiger partial charge in [-0.3, -0.25) is 9.59 Å². The smallest absolute Gasteiger partial charge is 0.325 e. The van der Waals surface area contributed by atoms with Gasteiger partial charge in [-0.05, 0) is 38.1 Å². The molecule has 0 aliphatic rings. The molecule has 2 N–H and O–H groups in total. The van der Waals surface area contributed by atoms with Crippen molar-refractivity contribution in [3.63, 3.8) is 0 Å². The molecule has 1 atom stereocenters. The summed E-state index contributed by atoms with van der Waals surface area (Å²) >= 11 is 0. The molecule has 19 heavy (non-hydrogen) atoms. The van der Waals surface area contributed by atoms with Gasteiger partial charge in [0.2, 0.25) is 0 Å². The van der Waals surface area contributed by atoms with Gasteiger partial charge in [-0.2, -0.15) is 0 Å². The molecule has 0 saturated carbocycles. The maximum atomic E-state index is 11.4. The number of carbonyl (C=O) groups is 2. The van der Waals surface area contributed by atoms with Crippen molar-refractivity contribution in [3.8, 4) is 11.5 Å². The summed E-state index contributed by atoms with van der Waals surface area (Å²) in [7, 11) is 0. The SMILES string of the molecule is CCOc1ccc(OCC(=O)N[C@@H](C)C(=O)O)cc1. The minimum atomic E-state index is -1.09. The minimum Gasteiger partial charge on any atom is -0.494 e. The summed E-state index contributed by atoms with van der Waals surface area (Å²) in [4.78, 5) is 21.9. The maximum Gasteiger partial charge on any atom is 0.325 e.